The zero-order chi connectivity index (χ0) is 13.2. The number of aromatic nitrogens is 5. The summed E-state index contributed by atoms with van der Waals surface area (Å²) in [7, 11) is 0. The Morgan fingerprint density at radius 1 is 1.42 bits per heavy atom. The highest BCUT2D eigenvalue weighted by Crippen LogP contribution is 2.25. The second-order valence-electron chi connectivity index (χ2n) is 3.52. The monoisotopic (exact) mass is 277 g/mol. The standard InChI is InChI=1S/C10H7N5O3S/c16-8(17)5-19-10-14-13-9(18-10)6-3-12-15-2-1-11-4-7(6)15/h1-4H,5H2,(H,16,17). The maximum absolute atomic E-state index is 10.5. The van der Waals surface area contributed by atoms with Crippen LogP contribution >= 0.6 is 11.8 Å². The van der Waals surface area contributed by atoms with Crippen molar-refractivity contribution in [3.05, 3.63) is 24.8 Å². The van der Waals surface area contributed by atoms with Crippen LogP contribution in [0.1, 0.15) is 0 Å². The molecule has 3 aromatic heterocycles. The molecule has 8 nitrogen and oxygen atoms in total. The molecule has 9 heteroatoms. The third kappa shape index (κ3) is 2.27. The van der Waals surface area contributed by atoms with E-state index in [1.807, 2.05) is 0 Å². The molecule has 3 aromatic rings. The molecule has 0 saturated heterocycles. The highest BCUT2D eigenvalue weighted by atomic mass is 32.2. The number of nitrogens with zero attached hydrogens (tertiary/aromatic N) is 5. The van der Waals surface area contributed by atoms with Gasteiger partial charge >= 0.3 is 5.97 Å². The van der Waals surface area contributed by atoms with Gasteiger partial charge in [-0.15, -0.1) is 10.2 Å². The topological polar surface area (TPSA) is 106 Å². The molecule has 0 aliphatic rings. The second-order valence-corrected chi connectivity index (χ2v) is 4.45. The van der Waals surface area contributed by atoms with Crippen molar-refractivity contribution in [1.29, 1.82) is 0 Å². The van der Waals surface area contributed by atoms with Crippen LogP contribution in [-0.2, 0) is 4.79 Å². The van der Waals surface area contributed by atoms with Gasteiger partial charge in [0.2, 0.25) is 0 Å². The highest BCUT2D eigenvalue weighted by molar-refractivity contribution is 7.99. The van der Waals surface area contributed by atoms with E-state index in [1.165, 1.54) is 0 Å². The molecule has 0 atom stereocenters. The molecule has 3 rings (SSSR count). The average molecular weight is 277 g/mol. The molecule has 0 amide bonds. The van der Waals surface area contributed by atoms with Gasteiger partial charge < -0.3 is 9.52 Å². The first-order chi connectivity index (χ1) is 9.24. The molecule has 0 aliphatic carbocycles. The Bertz CT molecular complexity index is 737. The van der Waals surface area contributed by atoms with Gasteiger partial charge in [0.25, 0.3) is 11.1 Å². The molecule has 0 aliphatic heterocycles. The Labute approximate surface area is 110 Å². The molecular weight excluding hydrogens is 270 g/mol. The lowest BCUT2D eigenvalue weighted by Crippen LogP contribution is -1.97. The lowest BCUT2D eigenvalue weighted by atomic mass is 10.3. The van der Waals surface area contributed by atoms with Crippen LogP contribution in [0.4, 0.5) is 0 Å². The zero-order valence-corrected chi connectivity index (χ0v) is 10.2. The van der Waals surface area contributed by atoms with Gasteiger partial charge in [0.05, 0.1) is 23.5 Å². The van der Waals surface area contributed by atoms with Crippen LogP contribution in [0, 0.1) is 0 Å². The van der Waals surface area contributed by atoms with E-state index in [0.29, 0.717) is 5.56 Å². The molecule has 1 N–H and O–H groups in total. The van der Waals surface area contributed by atoms with Crippen LogP contribution in [0.3, 0.4) is 0 Å². The van der Waals surface area contributed by atoms with E-state index in [9.17, 15) is 4.79 Å². The molecule has 19 heavy (non-hydrogen) atoms. The second kappa shape index (κ2) is 4.69. The number of carbonyl (C=O) groups is 1. The average Bonchev–Trinajstić information content (AvgIpc) is 3.02. The van der Waals surface area contributed by atoms with Gasteiger partial charge in [0.1, 0.15) is 5.75 Å². The summed E-state index contributed by atoms with van der Waals surface area (Å²) < 4.78 is 7.02. The molecule has 3 heterocycles. The number of fused-ring (bicyclic) bond motifs is 1. The van der Waals surface area contributed by atoms with Crippen LogP contribution in [0.5, 0.6) is 0 Å². The van der Waals surface area contributed by atoms with Gasteiger partial charge in [-0.2, -0.15) is 5.10 Å². The Kier molecular flexibility index (Phi) is 2.88. The Morgan fingerprint density at radius 2 is 2.32 bits per heavy atom. The van der Waals surface area contributed by atoms with Crippen LogP contribution in [0.2, 0.25) is 0 Å². The molecule has 0 saturated carbocycles. The van der Waals surface area contributed by atoms with E-state index in [1.54, 1.807) is 29.3 Å². The van der Waals surface area contributed by atoms with Crippen molar-refractivity contribution in [2.45, 2.75) is 5.22 Å². The predicted octanol–water partition coefficient (Wildman–Crippen LogP) is 0.956. The van der Waals surface area contributed by atoms with E-state index < -0.39 is 5.97 Å². The van der Waals surface area contributed by atoms with E-state index in [2.05, 4.69) is 20.3 Å². The molecular formula is C10H7N5O3S. The Morgan fingerprint density at radius 3 is 3.16 bits per heavy atom. The third-order valence-electron chi connectivity index (χ3n) is 2.28. The molecule has 96 valence electrons. The molecule has 0 spiro atoms. The summed E-state index contributed by atoms with van der Waals surface area (Å²) in [5, 5.41) is 20.6. The van der Waals surface area contributed by atoms with Crippen LogP contribution in [0.25, 0.3) is 17.0 Å². The van der Waals surface area contributed by atoms with Crippen molar-refractivity contribution in [3.8, 4) is 11.5 Å². The fourth-order valence-corrected chi connectivity index (χ4v) is 1.98. The lowest BCUT2D eigenvalue weighted by molar-refractivity contribution is -0.133. The minimum absolute atomic E-state index is 0.127. The highest BCUT2D eigenvalue weighted by Gasteiger charge is 2.14. The summed E-state index contributed by atoms with van der Waals surface area (Å²) >= 11 is 0.969. The van der Waals surface area contributed by atoms with Crippen molar-refractivity contribution in [1.82, 2.24) is 24.8 Å². The van der Waals surface area contributed by atoms with Gasteiger partial charge in [-0.1, -0.05) is 11.8 Å². The van der Waals surface area contributed by atoms with E-state index in [-0.39, 0.29) is 16.9 Å². The van der Waals surface area contributed by atoms with Crippen molar-refractivity contribution < 1.29 is 14.3 Å². The van der Waals surface area contributed by atoms with Gasteiger partial charge in [-0.3, -0.25) is 9.78 Å². The van der Waals surface area contributed by atoms with Crippen molar-refractivity contribution in [3.63, 3.8) is 0 Å². The minimum atomic E-state index is -0.940. The minimum Gasteiger partial charge on any atom is -0.481 e. The summed E-state index contributed by atoms with van der Waals surface area (Å²) in [4.78, 5) is 14.5. The van der Waals surface area contributed by atoms with E-state index >= 15 is 0 Å². The van der Waals surface area contributed by atoms with Crippen LogP contribution in [0.15, 0.2) is 34.4 Å². The summed E-state index contributed by atoms with van der Waals surface area (Å²) in [6, 6.07) is 0. The number of thioether (sulfide) groups is 1. The third-order valence-corrected chi connectivity index (χ3v) is 3.08. The van der Waals surface area contributed by atoms with Gasteiger partial charge in [0, 0.05) is 12.4 Å². The molecule has 0 radical (unpaired) electrons. The fourth-order valence-electron chi connectivity index (χ4n) is 1.50. The number of aliphatic carboxylic acids is 1. The van der Waals surface area contributed by atoms with Gasteiger partial charge in [-0.25, -0.2) is 4.52 Å². The van der Waals surface area contributed by atoms with Crippen molar-refractivity contribution in [2.75, 3.05) is 5.75 Å². The summed E-state index contributed by atoms with van der Waals surface area (Å²) in [5.74, 6) is -0.779. The first-order valence-corrected chi connectivity index (χ1v) is 6.18. The van der Waals surface area contributed by atoms with Crippen LogP contribution < -0.4 is 0 Å². The molecule has 0 unspecified atom stereocenters. The van der Waals surface area contributed by atoms with Crippen LogP contribution in [-0.4, -0.2) is 41.6 Å². The Balaban J connectivity index is 1.92. The maximum Gasteiger partial charge on any atom is 0.314 e. The number of hydrogen-bond donors (Lipinski definition) is 1. The van der Waals surface area contributed by atoms with Crippen molar-refractivity contribution in [2.24, 2.45) is 0 Å². The van der Waals surface area contributed by atoms with Gasteiger partial charge in [0.15, 0.2) is 0 Å². The fraction of sp³-hybridized carbons (Fsp3) is 0.100. The number of carboxylic acids is 1. The van der Waals surface area contributed by atoms with Crippen molar-refractivity contribution >= 4 is 23.2 Å². The first kappa shape index (κ1) is 11.7. The van der Waals surface area contributed by atoms with Gasteiger partial charge in [-0.05, 0) is 0 Å². The molecule has 0 aromatic carbocycles. The number of carboxylic acid groups (broad SMARTS) is 1. The quantitative estimate of drug-likeness (QED) is 0.702. The predicted molar refractivity (Wildman–Crippen MR) is 64.6 cm³/mol. The summed E-state index contributed by atoms with van der Waals surface area (Å²) in [5.41, 5.74) is 1.39. The molecule has 0 fully saturated rings. The molecule has 0 bridgehead atoms. The number of rotatable bonds is 4. The number of hydrogen-bond acceptors (Lipinski definition) is 7. The first-order valence-electron chi connectivity index (χ1n) is 5.20. The largest absolute Gasteiger partial charge is 0.481 e. The zero-order valence-electron chi connectivity index (χ0n) is 9.42. The van der Waals surface area contributed by atoms with E-state index in [0.717, 1.165) is 17.3 Å². The summed E-state index contributed by atoms with van der Waals surface area (Å²) in [6.45, 7) is 0. The lowest BCUT2D eigenvalue weighted by Gasteiger charge is -1.92. The normalized spacial score (nSPS) is 10.9. The SMILES string of the molecule is O=C(O)CSc1nnc(-c2cnn3ccncc23)o1. The maximum atomic E-state index is 10.5. The Hall–Kier alpha value is -2.42. The van der Waals surface area contributed by atoms with E-state index in [4.69, 9.17) is 9.52 Å². The smallest absolute Gasteiger partial charge is 0.314 e. The summed E-state index contributed by atoms with van der Waals surface area (Å²) in [6.07, 6.45) is 6.55.